The Morgan fingerprint density at radius 1 is 0.671 bits per heavy atom. The monoisotopic (exact) mass is 1420 g/mol. The van der Waals surface area contributed by atoms with Gasteiger partial charge in [-0.05, 0) is 74.2 Å². The first kappa shape index (κ1) is 62.6. The van der Waals surface area contributed by atoms with Gasteiger partial charge in [-0.3, -0.25) is 29.1 Å². The molecule has 8 rings (SSSR count). The summed E-state index contributed by atoms with van der Waals surface area (Å²) in [5.74, 6) is -3.01. The second kappa shape index (κ2) is 24.7. The van der Waals surface area contributed by atoms with Crippen LogP contribution >= 0.6 is 93.7 Å². The maximum atomic E-state index is 13.1. The van der Waals surface area contributed by atoms with Gasteiger partial charge in [0.2, 0.25) is 31.9 Å². The second-order valence-corrected chi connectivity index (χ2v) is 27.6. The van der Waals surface area contributed by atoms with Gasteiger partial charge in [-0.25, -0.2) is 44.0 Å². The molecule has 0 aliphatic heterocycles. The molecule has 38 heteroatoms. The van der Waals surface area contributed by atoms with Crippen molar-refractivity contribution in [3.63, 3.8) is 0 Å². The number of methoxy groups -OCH3 is 1. The number of hydrogen-bond acceptors (Lipinski definition) is 16. The minimum Gasteiger partial charge on any atom is -0.507 e. The van der Waals surface area contributed by atoms with E-state index in [1.165, 1.54) is 25.3 Å². The number of phenolic OH excluding ortho intramolecular Hbond substituents is 1. The van der Waals surface area contributed by atoms with Crippen LogP contribution in [0.2, 0.25) is 20.1 Å². The highest BCUT2D eigenvalue weighted by Gasteiger charge is 2.53. The Bertz CT molecular complexity index is 3850. The van der Waals surface area contributed by atoms with Gasteiger partial charge in [-0.1, -0.05) is 46.4 Å². The van der Waals surface area contributed by atoms with Crippen molar-refractivity contribution in [1.82, 2.24) is 39.0 Å². The van der Waals surface area contributed by atoms with Crippen LogP contribution in [-0.2, 0) is 29.6 Å². The Morgan fingerprint density at radius 3 is 1.34 bits per heavy atom. The molecular formula is C41H32BBr3Cl4F4N10O14S2. The minimum atomic E-state index is -4.41. The first-order valence-corrected chi connectivity index (χ1v) is 28.5. The number of sulfonamides is 2. The normalized spacial score (nSPS) is 14.1. The lowest BCUT2D eigenvalue weighted by molar-refractivity contribution is -0.121. The standard InChI is InChI=1S/C21H17Cl2F2N5O7S.C20H15Cl2F2N5O7S.BBr3/c1-36-13-3-2-10(8-14(13)38(34,35)29-21(4-5-21)19(26)32)37-16-11(22)6-9(7-12(16)23)30-20(33)27-18(31)15(28-30)17(24)25;21-10-5-8(29-19(33)26-17(31)14(27-29)16(23)24)6-11(22)15(10)36-9-1-2-12(30)13(7-9)37(34,35)28-20(3-4-20)18(25)32;2-1(3)4/h2-3,6-8,17,29H,4-5H2,1H3,(H2,26,32)(H,27,31,33);1-2,5-7,16,28,30H,3-4H2,(H2,25,32)(H,26,31,33);. The van der Waals surface area contributed by atoms with Crippen LogP contribution in [0.25, 0.3) is 11.4 Å². The van der Waals surface area contributed by atoms with E-state index in [1.54, 1.807) is 9.97 Å². The molecule has 6 aromatic rings. The molecule has 422 valence electrons. The largest absolute Gasteiger partial charge is 0.507 e. The molecule has 0 radical (unpaired) electrons. The van der Waals surface area contributed by atoms with Crippen LogP contribution in [-0.4, -0.2) is 84.7 Å². The molecule has 4 aromatic carbocycles. The zero-order valence-electron chi connectivity index (χ0n) is 39.0. The Balaban J connectivity index is 0.000000239. The van der Waals surface area contributed by atoms with Crippen molar-refractivity contribution in [2.24, 2.45) is 11.5 Å². The number of carbonyl (C=O) groups excluding carboxylic acids is 2. The number of nitrogens with zero attached hydrogens (tertiary/aromatic N) is 4. The highest BCUT2D eigenvalue weighted by atomic mass is 79.9. The van der Waals surface area contributed by atoms with Gasteiger partial charge in [0, 0.05) is 12.1 Å². The molecule has 79 heavy (non-hydrogen) atoms. The fraction of sp³-hybridized carbons (Fsp3) is 0.220. The molecule has 2 amide bonds. The zero-order chi connectivity index (χ0) is 58.9. The van der Waals surface area contributed by atoms with Gasteiger partial charge >= 0.3 is 14.6 Å². The maximum Gasteiger partial charge on any atom is 0.369 e. The maximum absolute atomic E-state index is 13.1. The van der Waals surface area contributed by atoms with Crippen LogP contribution < -0.4 is 57.6 Å². The first-order valence-electron chi connectivity index (χ1n) is 21.2. The number of aromatic nitrogens is 6. The third-order valence-corrected chi connectivity index (χ3v) is 15.0. The van der Waals surface area contributed by atoms with Gasteiger partial charge in [-0.15, -0.1) is 47.3 Å². The fourth-order valence-electron chi connectivity index (χ4n) is 6.60. The molecule has 2 aliphatic rings. The Kier molecular flexibility index (Phi) is 19.6. The van der Waals surface area contributed by atoms with Gasteiger partial charge in [0.05, 0.1) is 38.6 Å². The number of primary amides is 2. The summed E-state index contributed by atoms with van der Waals surface area (Å²) < 4.78 is 126. The summed E-state index contributed by atoms with van der Waals surface area (Å²) in [5, 5.41) is 15.9. The van der Waals surface area contributed by atoms with E-state index in [-0.39, 0.29) is 94.0 Å². The summed E-state index contributed by atoms with van der Waals surface area (Å²) in [6, 6.07) is 11.3. The number of halogens is 11. The quantitative estimate of drug-likeness (QED) is 0.0385. The van der Waals surface area contributed by atoms with Crippen LogP contribution in [0.15, 0.2) is 89.6 Å². The van der Waals surface area contributed by atoms with Crippen LogP contribution in [0.3, 0.4) is 0 Å². The number of alkyl halides is 4. The van der Waals surface area contributed by atoms with E-state index >= 15 is 0 Å². The van der Waals surface area contributed by atoms with Gasteiger partial charge in [-0.2, -0.15) is 29.0 Å². The smallest absolute Gasteiger partial charge is 0.369 e. The highest BCUT2D eigenvalue weighted by molar-refractivity contribution is 9.69. The molecule has 2 fully saturated rings. The van der Waals surface area contributed by atoms with Crippen LogP contribution in [0.4, 0.5) is 17.6 Å². The van der Waals surface area contributed by atoms with E-state index in [1.807, 2.05) is 0 Å². The summed E-state index contributed by atoms with van der Waals surface area (Å²) in [4.78, 5) is 73.0. The van der Waals surface area contributed by atoms with E-state index in [9.17, 15) is 68.3 Å². The highest BCUT2D eigenvalue weighted by Crippen LogP contribution is 2.43. The van der Waals surface area contributed by atoms with Crippen LogP contribution in [0.1, 0.15) is 49.9 Å². The molecule has 2 heterocycles. The fourth-order valence-corrected chi connectivity index (χ4v) is 10.9. The first-order chi connectivity index (χ1) is 36.7. The van der Waals surface area contributed by atoms with E-state index in [2.05, 4.69) is 66.9 Å². The molecule has 2 aliphatic carbocycles. The lowest BCUT2D eigenvalue weighted by atomic mass is 10.3. The third kappa shape index (κ3) is 14.7. The van der Waals surface area contributed by atoms with E-state index in [0.717, 1.165) is 42.5 Å². The SMILES string of the molecule is BrB(Br)Br.COc1ccc(Oc2c(Cl)cc(-n3nc(C(F)F)c(=O)[nH]c3=O)cc2Cl)cc1S(=O)(=O)NC1(C(N)=O)CC1.NC(=O)C1(NS(=O)(=O)c2cc(Oc3c(Cl)cc(-n4nc(C(F)F)c(=O)[nH]c4=O)cc3Cl)ccc2O)CC1. The number of nitrogens with one attached hydrogen (secondary N) is 4. The van der Waals surface area contributed by atoms with Crippen LogP contribution in [0, 0.1) is 0 Å². The van der Waals surface area contributed by atoms with Crippen molar-refractivity contribution in [3.05, 3.63) is 134 Å². The van der Waals surface area contributed by atoms with E-state index in [4.69, 9.17) is 72.1 Å². The number of carbonyl (C=O) groups is 2. The molecule has 9 N–H and O–H groups in total. The number of phenols is 1. The molecule has 0 unspecified atom stereocenters. The number of benzene rings is 4. The minimum absolute atomic E-state index is 0.0592. The van der Waals surface area contributed by atoms with E-state index in [0.29, 0.717) is 9.36 Å². The third-order valence-electron chi connectivity index (χ3n) is 10.8. The van der Waals surface area contributed by atoms with Crippen molar-refractivity contribution >= 4 is 129 Å². The Labute approximate surface area is 485 Å². The molecule has 0 bridgehead atoms. The van der Waals surface area contributed by atoms with Crippen molar-refractivity contribution in [2.45, 2.75) is 59.4 Å². The number of aromatic hydroxyl groups is 1. The average Bonchev–Trinajstić information content (AvgIpc) is 4.40. The van der Waals surface area contributed by atoms with Gasteiger partial charge in [0.1, 0.15) is 43.9 Å². The summed E-state index contributed by atoms with van der Waals surface area (Å²) in [5.41, 5.74) is 0.0193. The van der Waals surface area contributed by atoms with Gasteiger partial charge in [0.25, 0.3) is 24.0 Å². The number of rotatable bonds is 17. The predicted molar refractivity (Wildman–Crippen MR) is 288 cm³/mol. The number of amides is 2. The summed E-state index contributed by atoms with van der Waals surface area (Å²) in [6.45, 7) is 0. The second-order valence-electron chi connectivity index (χ2n) is 16.2. The number of H-pyrrole nitrogens is 2. The molecule has 2 saturated carbocycles. The molecule has 2 aromatic heterocycles. The molecule has 0 spiro atoms. The molecule has 0 atom stereocenters. The van der Waals surface area contributed by atoms with Gasteiger partial charge < -0.3 is 30.8 Å². The van der Waals surface area contributed by atoms with Crippen molar-refractivity contribution in [2.75, 3.05) is 7.11 Å². The number of hydrogen-bond donors (Lipinski definition) is 7. The summed E-state index contributed by atoms with van der Waals surface area (Å²) in [6.07, 6.45) is -5.65. The molecular weight excluding hydrogens is 1390 g/mol. The number of aromatic amines is 2. The number of ether oxygens (including phenoxy) is 3. The Hall–Kier alpha value is -5.56. The van der Waals surface area contributed by atoms with Gasteiger partial charge in [0.15, 0.2) is 22.9 Å². The van der Waals surface area contributed by atoms with E-state index < -0.39 is 100 Å². The summed E-state index contributed by atoms with van der Waals surface area (Å²) in [7, 11) is -7.47. The number of nitrogens with two attached hydrogens (primary N) is 2. The van der Waals surface area contributed by atoms with Crippen molar-refractivity contribution in [1.29, 1.82) is 0 Å². The molecule has 24 nitrogen and oxygen atoms in total. The lowest BCUT2D eigenvalue weighted by Gasteiger charge is -2.17. The van der Waals surface area contributed by atoms with Crippen molar-refractivity contribution < 1.29 is 63.3 Å². The van der Waals surface area contributed by atoms with Crippen molar-refractivity contribution in [3.8, 4) is 45.9 Å². The predicted octanol–water partition coefficient (Wildman–Crippen LogP) is 6.38. The summed E-state index contributed by atoms with van der Waals surface area (Å²) >= 11 is 34.2. The Morgan fingerprint density at radius 2 is 1.01 bits per heavy atom. The average molecular weight is 1420 g/mol. The molecule has 0 saturated heterocycles. The van der Waals surface area contributed by atoms with Crippen LogP contribution in [0.5, 0.6) is 34.5 Å². The zero-order valence-corrected chi connectivity index (χ0v) is 48.4. The topological polar surface area (TPSA) is 362 Å². The lowest BCUT2D eigenvalue weighted by Crippen LogP contribution is -2.46.